The van der Waals surface area contributed by atoms with E-state index in [0.29, 0.717) is 17.9 Å². The molecule has 0 spiro atoms. The minimum Gasteiger partial charge on any atom is -0.391 e. The van der Waals surface area contributed by atoms with E-state index < -0.39 is 12.0 Å². The Hall–Kier alpha value is -1.49. The van der Waals surface area contributed by atoms with E-state index in [2.05, 4.69) is 12.2 Å². The number of carbonyl (C=O) groups excluding carboxylic acids is 1. The van der Waals surface area contributed by atoms with Crippen LogP contribution in [0.1, 0.15) is 33.6 Å². The van der Waals surface area contributed by atoms with Crippen LogP contribution in [0.2, 0.25) is 0 Å². The molecule has 1 heterocycles. The highest BCUT2D eigenvalue weighted by molar-refractivity contribution is 5.96. The molecule has 1 unspecified atom stereocenters. The Kier molecular flexibility index (Phi) is 5.42. The number of nitrogens with one attached hydrogen (secondary N) is 1. The van der Waals surface area contributed by atoms with Crippen molar-refractivity contribution in [3.8, 4) is 0 Å². The summed E-state index contributed by atoms with van der Waals surface area (Å²) in [7, 11) is 1.92. The molecule has 0 saturated heterocycles. The van der Waals surface area contributed by atoms with Crippen LogP contribution in [-0.2, 0) is 4.79 Å². The maximum absolute atomic E-state index is 11.5. The summed E-state index contributed by atoms with van der Waals surface area (Å²) < 4.78 is 0. The van der Waals surface area contributed by atoms with Gasteiger partial charge in [-0.1, -0.05) is 18.9 Å². The highest BCUT2D eigenvalue weighted by Gasteiger charge is 2.25. The molecule has 108 valence electrons. The smallest absolute Gasteiger partial charge is 0.252 e. The molecule has 1 amide bonds. The average molecular weight is 267 g/mol. The van der Waals surface area contributed by atoms with Gasteiger partial charge in [0.15, 0.2) is 0 Å². The van der Waals surface area contributed by atoms with E-state index in [1.165, 1.54) is 0 Å². The lowest BCUT2D eigenvalue weighted by Crippen LogP contribution is -2.43. The average Bonchev–Trinajstić information content (AvgIpc) is 2.34. The molecule has 4 N–H and O–H groups in total. The maximum atomic E-state index is 11.5. The van der Waals surface area contributed by atoms with Gasteiger partial charge >= 0.3 is 0 Å². The number of nitrogens with two attached hydrogens (primary N) is 1. The quantitative estimate of drug-likeness (QED) is 0.662. The summed E-state index contributed by atoms with van der Waals surface area (Å²) in [5.74, 6) is 0.242. The molecule has 1 aliphatic rings. The highest BCUT2D eigenvalue weighted by Crippen LogP contribution is 2.23. The molecule has 0 fully saturated rings. The molecule has 5 nitrogen and oxygen atoms in total. The van der Waals surface area contributed by atoms with Crippen LogP contribution in [0.25, 0.3) is 0 Å². The molecule has 1 rings (SSSR count). The second kappa shape index (κ2) is 6.61. The van der Waals surface area contributed by atoms with Crippen molar-refractivity contribution < 1.29 is 9.90 Å². The number of carbonyl (C=O) groups is 1. The fraction of sp³-hybridized carbons (Fsp3) is 0.643. The van der Waals surface area contributed by atoms with Crippen molar-refractivity contribution in [1.29, 1.82) is 0 Å². The van der Waals surface area contributed by atoms with Gasteiger partial charge in [0.1, 0.15) is 5.82 Å². The summed E-state index contributed by atoms with van der Waals surface area (Å²) in [4.78, 5) is 13.5. The lowest BCUT2D eigenvalue weighted by atomic mass is 10.0. The molecule has 1 aliphatic heterocycles. The highest BCUT2D eigenvalue weighted by atomic mass is 16.3. The third-order valence-electron chi connectivity index (χ3n) is 3.61. The molecule has 0 aromatic rings. The van der Waals surface area contributed by atoms with Gasteiger partial charge in [0.25, 0.3) is 5.91 Å². The SMILES string of the molecule is CCC[C@@H](O)CNC1=C(C(N)=O)C=C(C)C(C)N1C. The first-order chi connectivity index (χ1) is 8.88. The van der Waals surface area contributed by atoms with Crippen LogP contribution in [-0.4, -0.2) is 41.7 Å². The Bertz CT molecular complexity index is 401. The van der Waals surface area contributed by atoms with Crippen LogP contribution in [0.4, 0.5) is 0 Å². The van der Waals surface area contributed by atoms with Gasteiger partial charge < -0.3 is 21.1 Å². The van der Waals surface area contributed by atoms with Crippen molar-refractivity contribution in [2.75, 3.05) is 13.6 Å². The molecule has 0 aliphatic carbocycles. The zero-order valence-electron chi connectivity index (χ0n) is 12.2. The largest absolute Gasteiger partial charge is 0.391 e. The Morgan fingerprint density at radius 2 is 2.26 bits per heavy atom. The van der Waals surface area contributed by atoms with Gasteiger partial charge in [0.05, 0.1) is 11.7 Å². The molecular formula is C14H25N3O2. The van der Waals surface area contributed by atoms with Crippen LogP contribution < -0.4 is 11.1 Å². The minimum absolute atomic E-state index is 0.203. The van der Waals surface area contributed by atoms with Crippen molar-refractivity contribution >= 4 is 5.91 Å². The lowest BCUT2D eigenvalue weighted by molar-refractivity contribution is -0.114. The van der Waals surface area contributed by atoms with Crippen LogP contribution in [0, 0.1) is 0 Å². The minimum atomic E-state index is -0.453. The predicted octanol–water partition coefficient (Wildman–Crippen LogP) is 0.714. The van der Waals surface area contributed by atoms with E-state index >= 15 is 0 Å². The van der Waals surface area contributed by atoms with Gasteiger partial charge in [-0.15, -0.1) is 0 Å². The van der Waals surface area contributed by atoms with Gasteiger partial charge in [-0.05, 0) is 26.3 Å². The van der Waals surface area contributed by atoms with Crippen molar-refractivity contribution in [1.82, 2.24) is 10.2 Å². The summed E-state index contributed by atoms with van der Waals surface area (Å²) in [5.41, 5.74) is 6.99. The van der Waals surface area contributed by atoms with Gasteiger partial charge in [0, 0.05) is 19.6 Å². The molecule has 0 saturated carbocycles. The van der Waals surface area contributed by atoms with Crippen LogP contribution in [0.5, 0.6) is 0 Å². The first kappa shape index (κ1) is 15.6. The number of nitrogens with zero attached hydrogens (tertiary/aromatic N) is 1. The topological polar surface area (TPSA) is 78.6 Å². The summed E-state index contributed by atoms with van der Waals surface area (Å²) in [6.45, 7) is 6.49. The van der Waals surface area contributed by atoms with Crippen LogP contribution in [0.3, 0.4) is 0 Å². The number of aliphatic hydroxyl groups is 1. The summed E-state index contributed by atoms with van der Waals surface area (Å²) in [5, 5.41) is 12.9. The van der Waals surface area contributed by atoms with E-state index in [1.54, 1.807) is 0 Å². The summed E-state index contributed by atoms with van der Waals surface area (Å²) >= 11 is 0. The van der Waals surface area contributed by atoms with Gasteiger partial charge in [-0.3, -0.25) is 4.79 Å². The normalized spacial score (nSPS) is 21.2. The van der Waals surface area contributed by atoms with E-state index in [1.807, 2.05) is 31.9 Å². The second-order valence-corrected chi connectivity index (χ2v) is 5.13. The number of aliphatic hydroxyl groups excluding tert-OH is 1. The monoisotopic (exact) mass is 267 g/mol. The first-order valence-corrected chi connectivity index (χ1v) is 6.75. The molecule has 0 aromatic carbocycles. The fourth-order valence-electron chi connectivity index (χ4n) is 2.16. The van der Waals surface area contributed by atoms with Gasteiger partial charge in [-0.2, -0.15) is 0 Å². The third-order valence-corrected chi connectivity index (χ3v) is 3.61. The number of hydrogen-bond donors (Lipinski definition) is 3. The molecule has 0 bridgehead atoms. The van der Waals surface area contributed by atoms with Crippen molar-refractivity contribution in [2.24, 2.45) is 5.73 Å². The Balaban J connectivity index is 2.90. The lowest BCUT2D eigenvalue weighted by Gasteiger charge is -2.35. The van der Waals surface area contributed by atoms with Gasteiger partial charge in [-0.25, -0.2) is 0 Å². The van der Waals surface area contributed by atoms with Crippen molar-refractivity contribution in [3.05, 3.63) is 23.0 Å². The molecule has 0 radical (unpaired) electrons. The zero-order valence-corrected chi connectivity index (χ0v) is 12.2. The molecule has 2 atom stereocenters. The summed E-state index contributed by atoms with van der Waals surface area (Å²) in [6, 6.07) is 0.203. The van der Waals surface area contributed by atoms with Gasteiger partial charge in [0.2, 0.25) is 0 Å². The van der Waals surface area contributed by atoms with Crippen molar-refractivity contribution in [3.63, 3.8) is 0 Å². The fourth-order valence-corrected chi connectivity index (χ4v) is 2.16. The number of amides is 1. The number of primary amides is 1. The van der Waals surface area contributed by atoms with E-state index in [9.17, 15) is 9.90 Å². The maximum Gasteiger partial charge on any atom is 0.252 e. The van der Waals surface area contributed by atoms with Crippen molar-refractivity contribution in [2.45, 2.75) is 45.8 Å². The number of rotatable bonds is 6. The Morgan fingerprint density at radius 1 is 1.63 bits per heavy atom. The standard InChI is InChI=1S/C14H25N3O2/c1-5-6-11(18)8-16-14-12(13(15)19)7-9(2)10(3)17(14)4/h7,10-11,16,18H,5-6,8H2,1-4H3,(H2,15,19)/t10?,11-/m1/s1. The second-order valence-electron chi connectivity index (χ2n) is 5.13. The van der Waals surface area contributed by atoms with Crippen LogP contribution in [0.15, 0.2) is 23.0 Å². The molecule has 19 heavy (non-hydrogen) atoms. The Labute approximate surface area is 115 Å². The number of hydrogen-bond acceptors (Lipinski definition) is 4. The summed E-state index contributed by atoms with van der Waals surface area (Å²) in [6.07, 6.45) is 3.07. The zero-order chi connectivity index (χ0) is 14.6. The van der Waals surface area contributed by atoms with E-state index in [0.717, 1.165) is 18.4 Å². The first-order valence-electron chi connectivity index (χ1n) is 6.75. The molecule has 0 aromatic heterocycles. The van der Waals surface area contributed by atoms with E-state index in [4.69, 9.17) is 5.73 Å². The molecule has 5 heteroatoms. The molecular weight excluding hydrogens is 242 g/mol. The number of likely N-dealkylation sites (N-methyl/N-ethyl adjacent to an activating group) is 1. The predicted molar refractivity (Wildman–Crippen MR) is 76.1 cm³/mol. The van der Waals surface area contributed by atoms with E-state index in [-0.39, 0.29) is 6.04 Å². The van der Waals surface area contributed by atoms with Crippen LogP contribution >= 0.6 is 0 Å². The Morgan fingerprint density at radius 3 is 2.79 bits per heavy atom. The third kappa shape index (κ3) is 3.73.